The van der Waals surface area contributed by atoms with Gasteiger partial charge in [0.15, 0.2) is 0 Å². The summed E-state index contributed by atoms with van der Waals surface area (Å²) in [5, 5.41) is 16.9. The van der Waals surface area contributed by atoms with Crippen LogP contribution in [0, 0.1) is 0 Å². The van der Waals surface area contributed by atoms with Crippen molar-refractivity contribution in [2.75, 3.05) is 0 Å². The summed E-state index contributed by atoms with van der Waals surface area (Å²) in [7, 11) is 0.441. The normalized spacial score (nSPS) is 10.8. The molecule has 0 aliphatic heterocycles. The molecule has 1 aromatic heterocycles. The Morgan fingerprint density at radius 3 is 2.82 bits per heavy atom. The number of nitrogens with zero attached hydrogens (tertiary/aromatic N) is 2. The summed E-state index contributed by atoms with van der Waals surface area (Å²) in [5.74, 6) is 1.25. The van der Waals surface area contributed by atoms with Gasteiger partial charge in [-0.15, -0.1) is 0 Å². The third-order valence-corrected chi connectivity index (χ3v) is 1.16. The van der Waals surface area contributed by atoms with Gasteiger partial charge in [-0.25, -0.2) is 4.98 Å². The molecule has 1 rings (SSSR count). The Hall–Kier alpha value is -1.07. The first-order valence-electron chi connectivity index (χ1n) is 3.21. The molecule has 58 valence electrons. The fraction of sp³-hybridized carbons (Fsp3) is 0.167. The van der Waals surface area contributed by atoms with Crippen LogP contribution in [-0.2, 0) is 7.05 Å². The van der Waals surface area contributed by atoms with Crippen molar-refractivity contribution in [3.8, 4) is 0 Å². The summed E-state index contributed by atoms with van der Waals surface area (Å²) >= 11 is 0. The highest BCUT2D eigenvalue weighted by molar-refractivity contribution is 6.48. The molecule has 0 fully saturated rings. The van der Waals surface area contributed by atoms with Crippen LogP contribution in [-0.4, -0.2) is 26.7 Å². The van der Waals surface area contributed by atoms with Crippen molar-refractivity contribution >= 4 is 13.2 Å². The molecule has 0 aliphatic rings. The molecule has 0 unspecified atom stereocenters. The monoisotopic (exact) mass is 152 g/mol. The summed E-state index contributed by atoms with van der Waals surface area (Å²) < 4.78 is 1.78. The molecule has 4 nitrogen and oxygen atoms in total. The first-order chi connectivity index (χ1) is 5.18. The second-order valence-electron chi connectivity index (χ2n) is 2.24. The standard InChI is InChI=1S/C6H9BN2O2/c1-9-4-6(8-5-9)2-3-7(10)11/h2-5,10-11H,1H3/b3-2+. The molecule has 0 spiro atoms. The maximum absolute atomic E-state index is 8.45. The summed E-state index contributed by atoms with van der Waals surface area (Å²) in [6, 6.07) is 0. The van der Waals surface area contributed by atoms with Crippen LogP contribution in [0.2, 0.25) is 0 Å². The fourth-order valence-corrected chi connectivity index (χ4v) is 0.704. The molecule has 2 N–H and O–H groups in total. The van der Waals surface area contributed by atoms with E-state index in [2.05, 4.69) is 4.98 Å². The molecule has 0 radical (unpaired) electrons. The van der Waals surface area contributed by atoms with Crippen LogP contribution < -0.4 is 0 Å². The Balaban J connectivity index is 2.64. The Kier molecular flexibility index (Phi) is 2.46. The molecule has 0 saturated carbocycles. The SMILES string of the molecule is Cn1cnc(/C=C/B(O)O)c1. The quantitative estimate of drug-likeness (QED) is 0.558. The van der Waals surface area contributed by atoms with Gasteiger partial charge in [0.05, 0.1) is 12.0 Å². The van der Waals surface area contributed by atoms with Crippen molar-refractivity contribution in [1.82, 2.24) is 9.55 Å². The predicted octanol–water partition coefficient (Wildman–Crippen LogP) is -0.555. The van der Waals surface area contributed by atoms with E-state index in [1.165, 1.54) is 5.98 Å². The molecule has 0 amide bonds. The molecule has 0 atom stereocenters. The van der Waals surface area contributed by atoms with Crippen molar-refractivity contribution in [2.45, 2.75) is 0 Å². The lowest BCUT2D eigenvalue weighted by molar-refractivity contribution is 0.424. The van der Waals surface area contributed by atoms with Crippen LogP contribution in [0.25, 0.3) is 6.08 Å². The summed E-state index contributed by atoms with van der Waals surface area (Å²) in [5.41, 5.74) is 0.709. The number of hydrogen-bond acceptors (Lipinski definition) is 3. The van der Waals surface area contributed by atoms with Crippen LogP contribution >= 0.6 is 0 Å². The zero-order chi connectivity index (χ0) is 8.27. The maximum Gasteiger partial charge on any atom is 0.480 e. The third kappa shape index (κ3) is 2.57. The number of hydrogen-bond donors (Lipinski definition) is 2. The zero-order valence-electron chi connectivity index (χ0n) is 6.18. The van der Waals surface area contributed by atoms with Crippen molar-refractivity contribution in [2.24, 2.45) is 7.05 Å². The van der Waals surface area contributed by atoms with Crippen molar-refractivity contribution < 1.29 is 10.0 Å². The van der Waals surface area contributed by atoms with Gasteiger partial charge in [-0.2, -0.15) is 0 Å². The molecule has 0 aromatic carbocycles. The second kappa shape index (κ2) is 3.36. The number of aryl methyl sites for hydroxylation is 1. The maximum atomic E-state index is 8.45. The summed E-state index contributed by atoms with van der Waals surface area (Å²) in [6.45, 7) is 0. The van der Waals surface area contributed by atoms with Gasteiger partial charge < -0.3 is 14.6 Å². The van der Waals surface area contributed by atoms with Gasteiger partial charge in [0.25, 0.3) is 0 Å². The van der Waals surface area contributed by atoms with Gasteiger partial charge in [-0.3, -0.25) is 0 Å². The Bertz CT molecular complexity index is 257. The van der Waals surface area contributed by atoms with E-state index in [-0.39, 0.29) is 0 Å². The molecule has 0 bridgehead atoms. The van der Waals surface area contributed by atoms with Gasteiger partial charge in [0, 0.05) is 13.2 Å². The van der Waals surface area contributed by atoms with E-state index < -0.39 is 7.12 Å². The van der Waals surface area contributed by atoms with Crippen LogP contribution in [0.15, 0.2) is 18.5 Å². The number of aromatic nitrogens is 2. The lowest BCUT2D eigenvalue weighted by Crippen LogP contribution is -2.05. The molecule has 11 heavy (non-hydrogen) atoms. The van der Waals surface area contributed by atoms with E-state index in [9.17, 15) is 0 Å². The summed E-state index contributed by atoms with van der Waals surface area (Å²) in [4.78, 5) is 3.94. The van der Waals surface area contributed by atoms with Gasteiger partial charge in [-0.1, -0.05) is 5.98 Å². The minimum Gasteiger partial charge on any atom is -0.424 e. The van der Waals surface area contributed by atoms with E-state index in [1.807, 2.05) is 7.05 Å². The molecule has 5 heteroatoms. The fourth-order valence-electron chi connectivity index (χ4n) is 0.704. The Morgan fingerprint density at radius 1 is 1.64 bits per heavy atom. The molecular weight excluding hydrogens is 143 g/mol. The summed E-state index contributed by atoms with van der Waals surface area (Å²) in [6.07, 6.45) is 4.97. The Morgan fingerprint density at radius 2 is 2.36 bits per heavy atom. The third-order valence-electron chi connectivity index (χ3n) is 1.16. The Labute approximate surface area is 65.0 Å². The largest absolute Gasteiger partial charge is 0.480 e. The average molecular weight is 152 g/mol. The highest BCUT2D eigenvalue weighted by Crippen LogP contribution is 1.96. The minimum absolute atomic E-state index is 0.709. The van der Waals surface area contributed by atoms with E-state index in [0.29, 0.717) is 5.69 Å². The number of rotatable bonds is 2. The van der Waals surface area contributed by atoms with E-state index in [0.717, 1.165) is 0 Å². The van der Waals surface area contributed by atoms with Crippen molar-refractivity contribution in [1.29, 1.82) is 0 Å². The van der Waals surface area contributed by atoms with Gasteiger partial charge in [-0.05, 0) is 6.08 Å². The van der Waals surface area contributed by atoms with Crippen LogP contribution in [0.3, 0.4) is 0 Å². The zero-order valence-corrected chi connectivity index (χ0v) is 6.18. The van der Waals surface area contributed by atoms with Crippen molar-refractivity contribution in [3.05, 3.63) is 24.2 Å². The smallest absolute Gasteiger partial charge is 0.424 e. The predicted molar refractivity (Wildman–Crippen MR) is 42.4 cm³/mol. The molecule has 0 saturated heterocycles. The second-order valence-corrected chi connectivity index (χ2v) is 2.24. The number of imidazole rings is 1. The van der Waals surface area contributed by atoms with E-state index in [1.54, 1.807) is 23.2 Å². The lowest BCUT2D eigenvalue weighted by Gasteiger charge is -1.84. The first-order valence-corrected chi connectivity index (χ1v) is 3.21. The molecule has 0 aliphatic carbocycles. The minimum atomic E-state index is -1.41. The van der Waals surface area contributed by atoms with Crippen LogP contribution in [0.1, 0.15) is 5.69 Å². The molecule has 1 aromatic rings. The van der Waals surface area contributed by atoms with E-state index >= 15 is 0 Å². The molecular formula is C6H9BN2O2. The topological polar surface area (TPSA) is 58.3 Å². The average Bonchev–Trinajstić information content (AvgIpc) is 2.31. The lowest BCUT2D eigenvalue weighted by atomic mass is 9.91. The van der Waals surface area contributed by atoms with Gasteiger partial charge in [0.2, 0.25) is 0 Å². The van der Waals surface area contributed by atoms with Crippen LogP contribution in [0.5, 0.6) is 0 Å². The first kappa shape index (κ1) is 8.04. The van der Waals surface area contributed by atoms with E-state index in [4.69, 9.17) is 10.0 Å². The highest BCUT2D eigenvalue weighted by atomic mass is 16.4. The molecule has 1 heterocycles. The van der Waals surface area contributed by atoms with Gasteiger partial charge in [0.1, 0.15) is 0 Å². The van der Waals surface area contributed by atoms with Crippen molar-refractivity contribution in [3.63, 3.8) is 0 Å². The van der Waals surface area contributed by atoms with Gasteiger partial charge >= 0.3 is 7.12 Å². The van der Waals surface area contributed by atoms with Crippen LogP contribution in [0.4, 0.5) is 0 Å². The highest BCUT2D eigenvalue weighted by Gasteiger charge is 1.98.